The molecule has 0 aliphatic carbocycles. The van der Waals surface area contributed by atoms with E-state index < -0.39 is 16.0 Å². The summed E-state index contributed by atoms with van der Waals surface area (Å²) in [6.45, 7) is 2.07. The molecule has 1 aromatic heterocycles. The van der Waals surface area contributed by atoms with Crippen LogP contribution in [0.15, 0.2) is 17.3 Å². The van der Waals surface area contributed by atoms with Gasteiger partial charge < -0.3 is 5.11 Å². The summed E-state index contributed by atoms with van der Waals surface area (Å²) in [4.78, 5) is 10.7. The summed E-state index contributed by atoms with van der Waals surface area (Å²) in [5.74, 6) is -1.06. The van der Waals surface area contributed by atoms with Gasteiger partial charge in [-0.2, -0.15) is 9.40 Å². The number of nitrogens with zero attached hydrogens (tertiary/aromatic N) is 3. The van der Waals surface area contributed by atoms with Crippen molar-refractivity contribution >= 4 is 16.0 Å². The van der Waals surface area contributed by atoms with Crippen molar-refractivity contribution < 1.29 is 18.3 Å². The Balaban J connectivity index is 2.24. The molecule has 1 N–H and O–H groups in total. The van der Waals surface area contributed by atoms with Crippen LogP contribution < -0.4 is 0 Å². The average molecular weight is 301 g/mol. The molecule has 1 aliphatic heterocycles. The molecule has 1 unspecified atom stereocenters. The van der Waals surface area contributed by atoms with Gasteiger partial charge in [0, 0.05) is 18.8 Å². The minimum Gasteiger partial charge on any atom is -0.480 e. The quantitative estimate of drug-likeness (QED) is 0.892. The lowest BCUT2D eigenvalue weighted by molar-refractivity contribution is -0.137. The van der Waals surface area contributed by atoms with Gasteiger partial charge in [0.25, 0.3) is 0 Å². The maximum Gasteiger partial charge on any atom is 0.325 e. The molecule has 1 fully saturated rings. The molecule has 0 spiro atoms. The van der Waals surface area contributed by atoms with Gasteiger partial charge in [-0.1, -0.05) is 12.8 Å². The maximum absolute atomic E-state index is 12.6. The Morgan fingerprint density at radius 2 is 2.20 bits per heavy atom. The summed E-state index contributed by atoms with van der Waals surface area (Å²) in [6, 6.07) is -0.0367. The van der Waals surface area contributed by atoms with Gasteiger partial charge in [0.05, 0.1) is 6.20 Å². The molecule has 112 valence electrons. The molecule has 0 bridgehead atoms. The first-order valence-electron chi connectivity index (χ1n) is 6.67. The van der Waals surface area contributed by atoms with Crippen molar-refractivity contribution in [3.8, 4) is 0 Å². The van der Waals surface area contributed by atoms with Crippen molar-refractivity contribution in [3.63, 3.8) is 0 Å². The lowest BCUT2D eigenvalue weighted by Crippen LogP contribution is -2.38. The van der Waals surface area contributed by atoms with Gasteiger partial charge in [-0.3, -0.25) is 9.48 Å². The van der Waals surface area contributed by atoms with Crippen LogP contribution in [0.1, 0.15) is 32.6 Å². The second-order valence-corrected chi connectivity index (χ2v) is 6.97. The maximum atomic E-state index is 12.6. The number of aromatic nitrogens is 2. The molecular formula is C12H19N3O4S. The Morgan fingerprint density at radius 3 is 2.90 bits per heavy atom. The predicted octanol–water partition coefficient (Wildman–Crippen LogP) is 0.921. The summed E-state index contributed by atoms with van der Waals surface area (Å²) in [6.07, 6.45) is 6.27. The third kappa shape index (κ3) is 3.18. The van der Waals surface area contributed by atoms with E-state index in [1.165, 1.54) is 16.7 Å². The van der Waals surface area contributed by atoms with Crippen LogP contribution in [0.25, 0.3) is 0 Å². The Hall–Kier alpha value is -1.41. The zero-order valence-corrected chi connectivity index (χ0v) is 12.2. The molecule has 20 heavy (non-hydrogen) atoms. The molecule has 7 nitrogen and oxygen atoms in total. The minimum atomic E-state index is -3.59. The van der Waals surface area contributed by atoms with Crippen molar-refractivity contribution in [2.24, 2.45) is 0 Å². The third-order valence-corrected chi connectivity index (χ3v) is 5.47. The lowest BCUT2D eigenvalue weighted by Gasteiger charge is -2.25. The van der Waals surface area contributed by atoms with Crippen LogP contribution in [0.5, 0.6) is 0 Å². The second kappa shape index (κ2) is 5.92. The van der Waals surface area contributed by atoms with E-state index >= 15 is 0 Å². The molecule has 1 atom stereocenters. The van der Waals surface area contributed by atoms with Crippen LogP contribution >= 0.6 is 0 Å². The first-order valence-corrected chi connectivity index (χ1v) is 8.11. The minimum absolute atomic E-state index is 0.0367. The van der Waals surface area contributed by atoms with Crippen LogP contribution in [0.2, 0.25) is 0 Å². The van der Waals surface area contributed by atoms with Crippen LogP contribution in [-0.4, -0.2) is 46.2 Å². The van der Waals surface area contributed by atoms with Gasteiger partial charge in [0.15, 0.2) is 0 Å². The van der Waals surface area contributed by atoms with Crippen molar-refractivity contribution in [1.29, 1.82) is 0 Å². The molecular weight excluding hydrogens is 282 g/mol. The van der Waals surface area contributed by atoms with E-state index in [4.69, 9.17) is 5.11 Å². The summed E-state index contributed by atoms with van der Waals surface area (Å²) in [5, 5.41) is 12.5. The van der Waals surface area contributed by atoms with Crippen molar-refractivity contribution in [2.45, 2.75) is 50.1 Å². The highest BCUT2D eigenvalue weighted by Crippen LogP contribution is 2.24. The second-order valence-electron chi connectivity index (χ2n) is 5.08. The zero-order valence-electron chi connectivity index (χ0n) is 11.4. The summed E-state index contributed by atoms with van der Waals surface area (Å²) in [7, 11) is -3.59. The Labute approximate surface area is 118 Å². The predicted molar refractivity (Wildman–Crippen MR) is 71.7 cm³/mol. The van der Waals surface area contributed by atoms with Gasteiger partial charge in [-0.25, -0.2) is 8.42 Å². The molecule has 1 aliphatic rings. The van der Waals surface area contributed by atoms with Crippen LogP contribution in [-0.2, 0) is 21.4 Å². The molecule has 2 heterocycles. The lowest BCUT2D eigenvalue weighted by atomic mass is 10.1. The highest BCUT2D eigenvalue weighted by molar-refractivity contribution is 7.89. The third-order valence-electron chi connectivity index (χ3n) is 3.51. The molecule has 0 radical (unpaired) electrons. The topological polar surface area (TPSA) is 92.5 Å². The van der Waals surface area contributed by atoms with Gasteiger partial charge in [-0.15, -0.1) is 0 Å². The van der Waals surface area contributed by atoms with Gasteiger partial charge in [0.1, 0.15) is 11.4 Å². The standard InChI is InChI=1S/C12H19N3O4S/c1-10-5-3-2-4-6-15(10)20(18,19)11-7-13-14(8-11)9-12(16)17/h7-8,10H,2-6,9H2,1H3,(H,16,17). The monoisotopic (exact) mass is 301 g/mol. The number of sulfonamides is 1. The smallest absolute Gasteiger partial charge is 0.325 e. The highest BCUT2D eigenvalue weighted by Gasteiger charge is 2.31. The van der Waals surface area contributed by atoms with Gasteiger partial charge in [-0.05, 0) is 19.8 Å². The van der Waals surface area contributed by atoms with Crippen molar-refractivity contribution in [3.05, 3.63) is 12.4 Å². The van der Waals surface area contributed by atoms with Crippen molar-refractivity contribution in [1.82, 2.24) is 14.1 Å². The fourth-order valence-corrected chi connectivity index (χ4v) is 4.10. The summed E-state index contributed by atoms with van der Waals surface area (Å²) < 4.78 is 27.8. The molecule has 1 aromatic rings. The number of hydrogen-bond acceptors (Lipinski definition) is 4. The van der Waals surface area contributed by atoms with E-state index in [1.54, 1.807) is 0 Å². The molecule has 0 saturated carbocycles. The molecule has 2 rings (SSSR count). The number of hydrogen-bond donors (Lipinski definition) is 1. The number of carbonyl (C=O) groups is 1. The van der Waals surface area contributed by atoms with E-state index in [9.17, 15) is 13.2 Å². The number of carboxylic acid groups (broad SMARTS) is 1. The molecule has 0 aromatic carbocycles. The number of aliphatic carboxylic acids is 1. The largest absolute Gasteiger partial charge is 0.480 e. The van der Waals surface area contributed by atoms with Crippen LogP contribution in [0, 0.1) is 0 Å². The fraction of sp³-hybridized carbons (Fsp3) is 0.667. The van der Waals surface area contributed by atoms with E-state index in [-0.39, 0.29) is 17.5 Å². The SMILES string of the molecule is CC1CCCCCN1S(=O)(=O)c1cnn(CC(=O)O)c1. The number of rotatable bonds is 4. The summed E-state index contributed by atoms with van der Waals surface area (Å²) >= 11 is 0. The van der Waals surface area contributed by atoms with E-state index in [1.807, 2.05) is 6.92 Å². The summed E-state index contributed by atoms with van der Waals surface area (Å²) in [5.41, 5.74) is 0. The van der Waals surface area contributed by atoms with Gasteiger partial charge in [0.2, 0.25) is 10.0 Å². The van der Waals surface area contributed by atoms with E-state index in [0.717, 1.165) is 30.4 Å². The molecule has 0 amide bonds. The van der Waals surface area contributed by atoms with Crippen molar-refractivity contribution in [2.75, 3.05) is 6.54 Å². The van der Waals surface area contributed by atoms with Gasteiger partial charge >= 0.3 is 5.97 Å². The first kappa shape index (κ1) is 15.0. The Morgan fingerprint density at radius 1 is 1.45 bits per heavy atom. The fourth-order valence-electron chi connectivity index (χ4n) is 2.44. The molecule has 1 saturated heterocycles. The number of carboxylic acids is 1. The average Bonchev–Trinajstić information content (AvgIpc) is 2.70. The van der Waals surface area contributed by atoms with Crippen LogP contribution in [0.3, 0.4) is 0 Å². The Bertz CT molecular complexity index is 581. The highest BCUT2D eigenvalue weighted by atomic mass is 32.2. The molecule has 8 heteroatoms. The normalized spacial score (nSPS) is 21.6. The van der Waals surface area contributed by atoms with E-state index in [2.05, 4.69) is 5.10 Å². The first-order chi connectivity index (χ1) is 9.41. The van der Waals surface area contributed by atoms with Crippen LogP contribution in [0.4, 0.5) is 0 Å². The zero-order chi connectivity index (χ0) is 14.8. The Kier molecular flexibility index (Phi) is 4.44. The van der Waals surface area contributed by atoms with E-state index in [0.29, 0.717) is 6.54 Å².